The molecule has 0 aliphatic rings. The maximum atomic E-state index is 5.72. The first-order chi connectivity index (χ1) is 12.5. The Morgan fingerprint density at radius 1 is 1.08 bits per heavy atom. The Morgan fingerprint density at radius 2 is 1.85 bits per heavy atom. The monoisotopic (exact) mass is 354 g/mol. The standard InChI is InChI=1S/C17H22N8O/c1-12-10-13(2)25(23-12)17-21-19-16(20-22-17)18-14-6-5-7-15(11-14)26-9-8-24(3)4/h5-7,10-11H,8-9H2,1-4H3,(H,18,19,20). The SMILES string of the molecule is Cc1cc(C)n(-c2nnc(Nc3cccc(OCCN(C)C)c3)nn2)n1. The van der Waals surface area contributed by atoms with Crippen LogP contribution in [-0.2, 0) is 0 Å². The maximum Gasteiger partial charge on any atom is 0.289 e. The first kappa shape index (κ1) is 17.7. The van der Waals surface area contributed by atoms with Crippen molar-refractivity contribution >= 4 is 11.6 Å². The molecule has 26 heavy (non-hydrogen) atoms. The van der Waals surface area contributed by atoms with Gasteiger partial charge in [-0.3, -0.25) is 0 Å². The highest BCUT2D eigenvalue weighted by molar-refractivity contribution is 5.55. The molecule has 3 rings (SSSR count). The van der Waals surface area contributed by atoms with Gasteiger partial charge in [0.15, 0.2) is 0 Å². The molecule has 0 atom stereocenters. The molecule has 1 N–H and O–H groups in total. The molecule has 1 aromatic carbocycles. The first-order valence-electron chi connectivity index (χ1n) is 8.27. The van der Waals surface area contributed by atoms with Crippen LogP contribution in [0.1, 0.15) is 11.4 Å². The Morgan fingerprint density at radius 3 is 2.50 bits per heavy atom. The summed E-state index contributed by atoms with van der Waals surface area (Å²) in [6.07, 6.45) is 0. The Hall–Kier alpha value is -3.07. The number of ether oxygens (including phenoxy) is 1. The number of hydrogen-bond donors (Lipinski definition) is 1. The Bertz CT molecular complexity index is 859. The topological polar surface area (TPSA) is 93.9 Å². The van der Waals surface area contributed by atoms with E-state index < -0.39 is 0 Å². The summed E-state index contributed by atoms with van der Waals surface area (Å²) in [5, 5.41) is 23.7. The lowest BCUT2D eigenvalue weighted by Gasteiger charge is -2.12. The van der Waals surface area contributed by atoms with Crippen LogP contribution in [0.5, 0.6) is 5.75 Å². The van der Waals surface area contributed by atoms with Gasteiger partial charge in [-0.2, -0.15) is 5.10 Å². The zero-order chi connectivity index (χ0) is 18.5. The predicted molar refractivity (Wildman–Crippen MR) is 98.0 cm³/mol. The van der Waals surface area contributed by atoms with Gasteiger partial charge >= 0.3 is 0 Å². The lowest BCUT2D eigenvalue weighted by molar-refractivity contribution is 0.261. The van der Waals surface area contributed by atoms with E-state index >= 15 is 0 Å². The number of rotatable bonds is 7. The highest BCUT2D eigenvalue weighted by Gasteiger charge is 2.09. The molecular weight excluding hydrogens is 332 g/mol. The molecule has 0 radical (unpaired) electrons. The smallest absolute Gasteiger partial charge is 0.289 e. The lowest BCUT2D eigenvalue weighted by atomic mass is 10.3. The molecule has 0 fully saturated rings. The quantitative estimate of drug-likeness (QED) is 0.686. The van der Waals surface area contributed by atoms with Crippen LogP contribution >= 0.6 is 0 Å². The third kappa shape index (κ3) is 4.51. The molecule has 0 amide bonds. The number of nitrogens with one attached hydrogen (secondary N) is 1. The van der Waals surface area contributed by atoms with Crippen LogP contribution in [0, 0.1) is 13.8 Å². The van der Waals surface area contributed by atoms with Gasteiger partial charge in [0.2, 0.25) is 0 Å². The van der Waals surface area contributed by atoms with Crippen molar-refractivity contribution in [3.05, 3.63) is 41.7 Å². The van der Waals surface area contributed by atoms with Crippen molar-refractivity contribution in [1.82, 2.24) is 35.1 Å². The zero-order valence-electron chi connectivity index (χ0n) is 15.3. The second-order valence-corrected chi connectivity index (χ2v) is 6.17. The summed E-state index contributed by atoms with van der Waals surface area (Å²) in [5.74, 6) is 1.42. The molecule has 0 aliphatic heterocycles. The van der Waals surface area contributed by atoms with Gasteiger partial charge in [0.05, 0.1) is 5.69 Å². The highest BCUT2D eigenvalue weighted by atomic mass is 16.5. The van der Waals surface area contributed by atoms with Crippen LogP contribution in [0.15, 0.2) is 30.3 Å². The van der Waals surface area contributed by atoms with E-state index in [9.17, 15) is 0 Å². The minimum atomic E-state index is 0.306. The van der Waals surface area contributed by atoms with Crippen LogP contribution in [-0.4, -0.2) is 62.3 Å². The van der Waals surface area contributed by atoms with E-state index in [2.05, 4.69) is 35.7 Å². The minimum absolute atomic E-state index is 0.306. The number of aryl methyl sites for hydroxylation is 2. The van der Waals surface area contributed by atoms with Gasteiger partial charge < -0.3 is 15.0 Å². The number of benzene rings is 1. The summed E-state index contributed by atoms with van der Waals surface area (Å²) in [5.41, 5.74) is 2.61. The van der Waals surface area contributed by atoms with Gasteiger partial charge in [-0.05, 0) is 46.1 Å². The summed E-state index contributed by atoms with van der Waals surface area (Å²) < 4.78 is 7.33. The second kappa shape index (κ2) is 7.87. The number of hydrogen-bond acceptors (Lipinski definition) is 8. The van der Waals surface area contributed by atoms with E-state index in [1.165, 1.54) is 0 Å². The lowest BCUT2D eigenvalue weighted by Crippen LogP contribution is -2.19. The van der Waals surface area contributed by atoms with Crippen molar-refractivity contribution in [2.24, 2.45) is 0 Å². The van der Waals surface area contributed by atoms with Gasteiger partial charge in [0.25, 0.3) is 11.9 Å². The van der Waals surface area contributed by atoms with Crippen LogP contribution < -0.4 is 10.1 Å². The van der Waals surface area contributed by atoms with E-state index in [1.54, 1.807) is 4.68 Å². The molecular formula is C17H22N8O. The van der Waals surface area contributed by atoms with Crippen LogP contribution in [0.2, 0.25) is 0 Å². The van der Waals surface area contributed by atoms with E-state index in [1.807, 2.05) is 58.3 Å². The number of nitrogens with zero attached hydrogens (tertiary/aromatic N) is 7. The molecule has 3 aromatic rings. The molecule has 0 saturated heterocycles. The van der Waals surface area contributed by atoms with Gasteiger partial charge in [0, 0.05) is 24.0 Å². The molecule has 0 unspecified atom stereocenters. The molecule has 2 heterocycles. The molecule has 0 saturated carbocycles. The van der Waals surface area contributed by atoms with Gasteiger partial charge in [-0.15, -0.1) is 20.4 Å². The summed E-state index contributed by atoms with van der Waals surface area (Å²) >= 11 is 0. The first-order valence-corrected chi connectivity index (χ1v) is 8.27. The summed E-state index contributed by atoms with van der Waals surface area (Å²) in [6.45, 7) is 5.31. The summed E-state index contributed by atoms with van der Waals surface area (Å²) in [4.78, 5) is 2.07. The summed E-state index contributed by atoms with van der Waals surface area (Å²) in [6, 6.07) is 9.53. The Labute approximate surface area is 152 Å². The molecule has 0 spiro atoms. The van der Waals surface area contributed by atoms with Crippen molar-refractivity contribution in [1.29, 1.82) is 0 Å². The van der Waals surface area contributed by atoms with Crippen molar-refractivity contribution in [3.63, 3.8) is 0 Å². The number of aromatic nitrogens is 6. The van der Waals surface area contributed by atoms with Crippen LogP contribution in [0.3, 0.4) is 0 Å². The third-order valence-electron chi connectivity index (χ3n) is 3.56. The zero-order valence-corrected chi connectivity index (χ0v) is 15.3. The van der Waals surface area contributed by atoms with Crippen molar-refractivity contribution in [3.8, 4) is 11.7 Å². The van der Waals surface area contributed by atoms with Crippen LogP contribution in [0.25, 0.3) is 5.95 Å². The Kier molecular flexibility index (Phi) is 5.37. The third-order valence-corrected chi connectivity index (χ3v) is 3.56. The van der Waals surface area contributed by atoms with Crippen molar-refractivity contribution < 1.29 is 4.74 Å². The number of likely N-dealkylation sites (N-methyl/N-ethyl adjacent to an activating group) is 1. The van der Waals surface area contributed by atoms with Crippen molar-refractivity contribution in [2.45, 2.75) is 13.8 Å². The minimum Gasteiger partial charge on any atom is -0.492 e. The fraction of sp³-hybridized carbons (Fsp3) is 0.353. The second-order valence-electron chi connectivity index (χ2n) is 6.17. The average molecular weight is 354 g/mol. The van der Waals surface area contributed by atoms with E-state index in [0.29, 0.717) is 18.5 Å². The molecule has 9 nitrogen and oxygen atoms in total. The fourth-order valence-corrected chi connectivity index (χ4v) is 2.33. The molecule has 0 bridgehead atoms. The normalized spacial score (nSPS) is 11.0. The fourth-order valence-electron chi connectivity index (χ4n) is 2.33. The summed E-state index contributed by atoms with van der Waals surface area (Å²) in [7, 11) is 4.02. The molecule has 9 heteroatoms. The van der Waals surface area contributed by atoms with Gasteiger partial charge in [-0.25, -0.2) is 4.68 Å². The highest BCUT2D eigenvalue weighted by Crippen LogP contribution is 2.19. The van der Waals surface area contributed by atoms with Gasteiger partial charge in [-0.1, -0.05) is 6.07 Å². The largest absolute Gasteiger partial charge is 0.492 e. The van der Waals surface area contributed by atoms with E-state index in [4.69, 9.17) is 4.74 Å². The molecule has 2 aromatic heterocycles. The van der Waals surface area contributed by atoms with E-state index in [0.717, 1.165) is 29.4 Å². The van der Waals surface area contributed by atoms with E-state index in [-0.39, 0.29) is 0 Å². The average Bonchev–Trinajstić information content (AvgIpc) is 2.94. The number of anilines is 2. The predicted octanol–water partition coefficient (Wildman–Crippen LogP) is 1.75. The molecule has 0 aliphatic carbocycles. The Balaban J connectivity index is 1.66. The maximum absolute atomic E-state index is 5.72. The van der Waals surface area contributed by atoms with Crippen molar-refractivity contribution in [2.75, 3.05) is 32.6 Å². The molecule has 136 valence electrons. The van der Waals surface area contributed by atoms with Crippen LogP contribution in [0.4, 0.5) is 11.6 Å². The van der Waals surface area contributed by atoms with Gasteiger partial charge in [0.1, 0.15) is 12.4 Å².